The lowest BCUT2D eigenvalue weighted by atomic mass is 9.95. The zero-order valence-corrected chi connectivity index (χ0v) is 19.7. The fraction of sp³-hybridized carbons (Fsp3) is 0.222. The van der Waals surface area contributed by atoms with E-state index in [0.29, 0.717) is 34.5 Å². The molecule has 0 spiro atoms. The van der Waals surface area contributed by atoms with Gasteiger partial charge in [-0.3, -0.25) is 19.7 Å². The van der Waals surface area contributed by atoms with Crippen molar-refractivity contribution in [1.82, 2.24) is 20.2 Å². The first-order valence-electron chi connectivity index (χ1n) is 11.8. The van der Waals surface area contributed by atoms with Crippen LogP contribution < -0.4 is 16.0 Å². The molecule has 2 aromatic carbocycles. The highest BCUT2D eigenvalue weighted by Crippen LogP contribution is 2.39. The third-order valence-electron chi connectivity index (χ3n) is 6.27. The van der Waals surface area contributed by atoms with Crippen LogP contribution in [0, 0.1) is 0 Å². The number of aromatic amines is 1. The number of aromatic nitrogens is 2. The lowest BCUT2D eigenvalue weighted by Gasteiger charge is -2.10. The summed E-state index contributed by atoms with van der Waals surface area (Å²) in [5.41, 5.74) is 4.43. The number of nitrogens with one attached hydrogen (secondary N) is 4. The largest absolute Gasteiger partial charge is 0.361 e. The van der Waals surface area contributed by atoms with E-state index in [2.05, 4.69) is 32.4 Å². The second kappa shape index (κ2) is 9.23. The minimum absolute atomic E-state index is 0.174. The average molecular weight is 470 g/mol. The number of carbonyl (C=O) groups is 3. The molecule has 0 bridgehead atoms. The normalized spacial score (nSPS) is 13.8. The summed E-state index contributed by atoms with van der Waals surface area (Å²) in [6.45, 7) is 5.95. The monoisotopic (exact) mass is 469 g/mol. The molecule has 35 heavy (non-hydrogen) atoms. The first-order chi connectivity index (χ1) is 17.0. The van der Waals surface area contributed by atoms with Gasteiger partial charge in [-0.1, -0.05) is 37.3 Å². The van der Waals surface area contributed by atoms with Crippen LogP contribution in [0.1, 0.15) is 31.4 Å². The molecule has 4 N–H and O–H groups in total. The van der Waals surface area contributed by atoms with E-state index < -0.39 is 11.8 Å². The van der Waals surface area contributed by atoms with Crippen molar-refractivity contribution in [3.8, 4) is 0 Å². The minimum atomic E-state index is -0.424. The SMILES string of the molecule is CCNCCCn1cc(C2=C(c3c[nH]c4ccccc34)C(=O)NC2=O)c2cccc(NC(C)=O)c21. The van der Waals surface area contributed by atoms with Crippen LogP contribution in [0.25, 0.3) is 33.0 Å². The number of rotatable bonds is 8. The molecule has 1 aliphatic rings. The van der Waals surface area contributed by atoms with Crippen LogP contribution in [0.3, 0.4) is 0 Å². The van der Waals surface area contributed by atoms with E-state index in [1.807, 2.05) is 48.7 Å². The lowest BCUT2D eigenvalue weighted by molar-refractivity contribution is -0.123. The molecule has 5 rings (SSSR count). The Labute approximate surface area is 202 Å². The predicted molar refractivity (Wildman–Crippen MR) is 138 cm³/mol. The van der Waals surface area contributed by atoms with Gasteiger partial charge in [0, 0.05) is 53.3 Å². The number of imide groups is 1. The molecule has 178 valence electrons. The summed E-state index contributed by atoms with van der Waals surface area (Å²) in [5.74, 6) is -1.01. The molecule has 0 saturated carbocycles. The quantitative estimate of drug-likeness (QED) is 0.233. The summed E-state index contributed by atoms with van der Waals surface area (Å²) >= 11 is 0. The zero-order chi connectivity index (χ0) is 24.5. The highest BCUT2D eigenvalue weighted by molar-refractivity contribution is 6.50. The van der Waals surface area contributed by atoms with Gasteiger partial charge in [0.05, 0.1) is 22.4 Å². The maximum absolute atomic E-state index is 13.2. The van der Waals surface area contributed by atoms with Crippen LogP contribution in [0.5, 0.6) is 0 Å². The molecular formula is C27H27N5O3. The number of carbonyl (C=O) groups excluding carboxylic acids is 3. The van der Waals surface area contributed by atoms with E-state index in [9.17, 15) is 14.4 Å². The highest BCUT2D eigenvalue weighted by atomic mass is 16.2. The fourth-order valence-electron chi connectivity index (χ4n) is 4.82. The van der Waals surface area contributed by atoms with Crippen molar-refractivity contribution in [2.24, 2.45) is 0 Å². The molecule has 0 fully saturated rings. The smallest absolute Gasteiger partial charge is 0.259 e. The number of hydrogen-bond donors (Lipinski definition) is 4. The van der Waals surface area contributed by atoms with Crippen LogP contribution in [0.4, 0.5) is 5.69 Å². The Hall–Kier alpha value is -4.17. The van der Waals surface area contributed by atoms with E-state index in [1.165, 1.54) is 6.92 Å². The second-order valence-corrected chi connectivity index (χ2v) is 8.61. The third-order valence-corrected chi connectivity index (χ3v) is 6.27. The molecule has 1 aliphatic heterocycles. The number of fused-ring (bicyclic) bond motifs is 2. The van der Waals surface area contributed by atoms with Crippen molar-refractivity contribution in [3.63, 3.8) is 0 Å². The van der Waals surface area contributed by atoms with E-state index in [1.54, 1.807) is 6.20 Å². The van der Waals surface area contributed by atoms with Crippen LogP contribution in [-0.2, 0) is 20.9 Å². The van der Waals surface area contributed by atoms with Gasteiger partial charge in [0.25, 0.3) is 11.8 Å². The van der Waals surface area contributed by atoms with Crippen LogP contribution in [0.2, 0.25) is 0 Å². The molecule has 4 aromatic rings. The van der Waals surface area contributed by atoms with Gasteiger partial charge in [0.1, 0.15) is 0 Å². The average Bonchev–Trinajstić information content (AvgIpc) is 3.49. The number of aryl methyl sites for hydroxylation is 1. The van der Waals surface area contributed by atoms with Crippen molar-refractivity contribution in [1.29, 1.82) is 0 Å². The fourth-order valence-corrected chi connectivity index (χ4v) is 4.82. The minimum Gasteiger partial charge on any atom is -0.361 e. The third kappa shape index (κ3) is 4.02. The summed E-state index contributed by atoms with van der Waals surface area (Å²) in [4.78, 5) is 41.3. The van der Waals surface area contributed by atoms with Crippen LogP contribution in [0.15, 0.2) is 54.9 Å². The number of para-hydroxylation sites is 2. The van der Waals surface area contributed by atoms with E-state index in [-0.39, 0.29) is 5.91 Å². The molecule has 0 aliphatic carbocycles. The number of benzene rings is 2. The van der Waals surface area contributed by atoms with Gasteiger partial charge in [0.15, 0.2) is 0 Å². The molecule has 2 aromatic heterocycles. The van der Waals surface area contributed by atoms with Crippen molar-refractivity contribution in [3.05, 3.63) is 66.0 Å². The Morgan fingerprint density at radius 2 is 1.71 bits per heavy atom. The Morgan fingerprint density at radius 3 is 2.49 bits per heavy atom. The summed E-state index contributed by atoms with van der Waals surface area (Å²) in [6.07, 6.45) is 4.56. The Bertz CT molecular complexity index is 1510. The zero-order valence-electron chi connectivity index (χ0n) is 19.7. The van der Waals surface area contributed by atoms with Gasteiger partial charge >= 0.3 is 0 Å². The van der Waals surface area contributed by atoms with E-state index in [0.717, 1.165) is 41.3 Å². The highest BCUT2D eigenvalue weighted by Gasteiger charge is 2.35. The van der Waals surface area contributed by atoms with Crippen molar-refractivity contribution in [2.75, 3.05) is 18.4 Å². The van der Waals surface area contributed by atoms with Gasteiger partial charge in [-0.25, -0.2) is 0 Å². The van der Waals surface area contributed by atoms with Gasteiger partial charge in [0.2, 0.25) is 5.91 Å². The Balaban J connectivity index is 1.73. The second-order valence-electron chi connectivity index (χ2n) is 8.61. The first-order valence-corrected chi connectivity index (χ1v) is 11.8. The summed E-state index contributed by atoms with van der Waals surface area (Å²) in [5, 5.41) is 10.4. The van der Waals surface area contributed by atoms with Crippen LogP contribution in [-0.4, -0.2) is 40.4 Å². The summed E-state index contributed by atoms with van der Waals surface area (Å²) in [7, 11) is 0. The maximum Gasteiger partial charge on any atom is 0.259 e. The van der Waals surface area contributed by atoms with Gasteiger partial charge in [-0.05, 0) is 31.6 Å². The molecule has 0 unspecified atom stereocenters. The number of nitrogens with zero attached hydrogens (tertiary/aromatic N) is 1. The van der Waals surface area contributed by atoms with Gasteiger partial charge in [-0.15, -0.1) is 0 Å². The van der Waals surface area contributed by atoms with Crippen molar-refractivity contribution < 1.29 is 14.4 Å². The first kappa shape index (κ1) is 22.6. The number of H-pyrrole nitrogens is 1. The predicted octanol–water partition coefficient (Wildman–Crippen LogP) is 3.65. The summed E-state index contributed by atoms with van der Waals surface area (Å²) in [6, 6.07) is 13.3. The molecular weight excluding hydrogens is 442 g/mol. The van der Waals surface area contributed by atoms with Crippen molar-refractivity contribution in [2.45, 2.75) is 26.8 Å². The molecule has 8 heteroatoms. The van der Waals surface area contributed by atoms with E-state index >= 15 is 0 Å². The van der Waals surface area contributed by atoms with Crippen LogP contribution >= 0.6 is 0 Å². The van der Waals surface area contributed by atoms with Gasteiger partial charge < -0.3 is 20.2 Å². The standard InChI is InChI=1S/C27H27N5O3/c1-3-28-12-7-13-32-15-20(18-9-6-11-22(25(18)32)30-16(2)33)24-23(26(34)31-27(24)35)19-14-29-21-10-5-4-8-17(19)21/h4-6,8-11,14-15,28-29H,3,7,12-13H2,1-2H3,(H,30,33)(H,31,34,35). The molecule has 0 saturated heterocycles. The number of hydrogen-bond acceptors (Lipinski definition) is 4. The molecule has 8 nitrogen and oxygen atoms in total. The Morgan fingerprint density at radius 1 is 0.971 bits per heavy atom. The van der Waals surface area contributed by atoms with Crippen molar-refractivity contribution >= 4 is 56.4 Å². The molecule has 3 heterocycles. The molecule has 0 radical (unpaired) electrons. The lowest BCUT2D eigenvalue weighted by Crippen LogP contribution is -2.22. The Kier molecular flexibility index (Phi) is 5.96. The number of amides is 3. The van der Waals surface area contributed by atoms with Gasteiger partial charge in [-0.2, -0.15) is 0 Å². The molecule has 3 amide bonds. The maximum atomic E-state index is 13.2. The number of anilines is 1. The molecule has 0 atom stereocenters. The summed E-state index contributed by atoms with van der Waals surface area (Å²) < 4.78 is 2.06. The van der Waals surface area contributed by atoms with E-state index in [4.69, 9.17) is 0 Å². The topological polar surface area (TPSA) is 108 Å².